The van der Waals surface area contributed by atoms with E-state index in [1.54, 1.807) is 0 Å². The largest absolute Gasteiger partial charge is 0.494 e. The Hall–Kier alpha value is -2.31. The second-order valence-electron chi connectivity index (χ2n) is 4.70. The molecule has 0 aliphatic heterocycles. The topological polar surface area (TPSA) is 90.5 Å². The van der Waals surface area contributed by atoms with Crippen molar-refractivity contribution in [2.45, 2.75) is 39.8 Å². The maximum absolute atomic E-state index is 12.1. The molecule has 0 bridgehead atoms. The Morgan fingerprint density at radius 1 is 1.33 bits per heavy atom. The van der Waals surface area contributed by atoms with Gasteiger partial charge >= 0.3 is 11.7 Å². The summed E-state index contributed by atoms with van der Waals surface area (Å²) < 4.78 is 6.92. The normalized spacial score (nSPS) is 10.4. The van der Waals surface area contributed by atoms with Crippen LogP contribution in [0.25, 0.3) is 0 Å². The molecule has 7 nitrogen and oxygen atoms in total. The molecular formula is C14H20N2O5. The van der Waals surface area contributed by atoms with E-state index in [0.29, 0.717) is 13.0 Å². The summed E-state index contributed by atoms with van der Waals surface area (Å²) in [6, 6.07) is 0.984. The predicted octanol–water partition coefficient (Wildman–Crippen LogP) is 0.635. The molecule has 0 saturated heterocycles. The smallest absolute Gasteiger partial charge is 0.333 e. The molecule has 0 saturated carbocycles. The number of unbranched alkanes of at least 4 members (excludes halogenated alkanes) is 1. The zero-order valence-electron chi connectivity index (χ0n) is 12.3. The van der Waals surface area contributed by atoms with Gasteiger partial charge in [-0.2, -0.15) is 0 Å². The number of carbonyl (C=O) groups excluding carboxylic acids is 1. The fraction of sp³-hybridized carbons (Fsp3) is 0.500. The molecule has 0 radical (unpaired) electrons. The van der Waals surface area contributed by atoms with Gasteiger partial charge in [0.25, 0.3) is 5.56 Å². The number of esters is 1. The molecule has 1 heterocycles. The van der Waals surface area contributed by atoms with Crippen LogP contribution >= 0.6 is 0 Å². The highest BCUT2D eigenvalue weighted by Crippen LogP contribution is 2.03. The molecule has 1 rings (SSSR count). The molecule has 7 heteroatoms. The molecule has 0 aromatic carbocycles. The first-order valence-electron chi connectivity index (χ1n) is 6.74. The summed E-state index contributed by atoms with van der Waals surface area (Å²) in [4.78, 5) is 35.1. The first kappa shape index (κ1) is 16.7. The number of ether oxygens (including phenoxy) is 1. The predicted molar refractivity (Wildman–Crippen MR) is 77.3 cm³/mol. The Balaban J connectivity index is 2.92. The van der Waals surface area contributed by atoms with E-state index in [4.69, 9.17) is 4.74 Å². The van der Waals surface area contributed by atoms with Crippen LogP contribution in [0.15, 0.2) is 27.8 Å². The number of hydrogen-bond donors (Lipinski definition) is 1. The highest BCUT2D eigenvalue weighted by Gasteiger charge is 2.11. The lowest BCUT2D eigenvalue weighted by molar-refractivity contribution is -0.139. The monoisotopic (exact) mass is 296 g/mol. The van der Waals surface area contributed by atoms with Crippen molar-refractivity contribution < 1.29 is 14.6 Å². The van der Waals surface area contributed by atoms with Crippen LogP contribution in [0.1, 0.15) is 26.7 Å². The molecule has 0 spiro atoms. The molecule has 1 aromatic heterocycles. The van der Waals surface area contributed by atoms with Crippen molar-refractivity contribution in [1.29, 1.82) is 0 Å². The second-order valence-corrected chi connectivity index (χ2v) is 4.70. The van der Waals surface area contributed by atoms with Gasteiger partial charge in [-0.25, -0.2) is 9.59 Å². The first-order chi connectivity index (χ1) is 9.88. The summed E-state index contributed by atoms with van der Waals surface area (Å²) in [5.74, 6) is -0.929. The molecule has 0 unspecified atom stereocenters. The molecule has 0 amide bonds. The van der Waals surface area contributed by atoms with E-state index in [1.807, 2.05) is 6.92 Å². The van der Waals surface area contributed by atoms with Gasteiger partial charge in [-0.3, -0.25) is 13.9 Å². The van der Waals surface area contributed by atoms with Gasteiger partial charge in [-0.1, -0.05) is 19.9 Å². The van der Waals surface area contributed by atoms with Crippen molar-refractivity contribution in [3.63, 3.8) is 0 Å². The summed E-state index contributed by atoms with van der Waals surface area (Å²) in [6.45, 7) is 7.04. The number of aromatic hydroxyl groups is 1. The van der Waals surface area contributed by atoms with Crippen molar-refractivity contribution in [2.24, 2.45) is 0 Å². The number of hydrogen-bond acceptors (Lipinski definition) is 5. The van der Waals surface area contributed by atoms with E-state index < -0.39 is 17.2 Å². The minimum absolute atomic E-state index is 0.0664. The molecular weight excluding hydrogens is 276 g/mol. The highest BCUT2D eigenvalue weighted by molar-refractivity contribution is 5.86. The quantitative estimate of drug-likeness (QED) is 0.589. The number of aromatic nitrogens is 2. The molecule has 1 aromatic rings. The Bertz CT molecular complexity index is 642. The van der Waals surface area contributed by atoms with Crippen LogP contribution in [0.5, 0.6) is 5.88 Å². The molecule has 1 N–H and O–H groups in total. The highest BCUT2D eigenvalue weighted by atomic mass is 16.5. The van der Waals surface area contributed by atoms with E-state index in [9.17, 15) is 19.5 Å². The number of rotatable bonds is 7. The average molecular weight is 296 g/mol. The Morgan fingerprint density at radius 3 is 2.57 bits per heavy atom. The summed E-state index contributed by atoms with van der Waals surface area (Å²) in [6.07, 6.45) is 1.55. The third-order valence-electron chi connectivity index (χ3n) is 2.89. The lowest BCUT2D eigenvalue weighted by Crippen LogP contribution is -2.40. The van der Waals surface area contributed by atoms with Crippen LogP contribution in [0.3, 0.4) is 0 Å². The van der Waals surface area contributed by atoms with E-state index in [0.717, 1.165) is 21.6 Å². The fourth-order valence-corrected chi connectivity index (χ4v) is 1.69. The van der Waals surface area contributed by atoms with Gasteiger partial charge in [0.05, 0.1) is 12.6 Å². The third-order valence-corrected chi connectivity index (χ3v) is 2.89. The van der Waals surface area contributed by atoms with Gasteiger partial charge in [0, 0.05) is 12.1 Å². The molecule has 0 atom stereocenters. The average Bonchev–Trinajstić information content (AvgIpc) is 2.41. The van der Waals surface area contributed by atoms with Crippen molar-refractivity contribution in [3.8, 4) is 5.88 Å². The maximum Gasteiger partial charge on any atom is 0.333 e. The van der Waals surface area contributed by atoms with Crippen LogP contribution in [0.2, 0.25) is 0 Å². The summed E-state index contributed by atoms with van der Waals surface area (Å²) in [7, 11) is 0. The van der Waals surface area contributed by atoms with Gasteiger partial charge in [0.15, 0.2) is 0 Å². The third kappa shape index (κ3) is 4.34. The minimum atomic E-state index is -0.628. The lowest BCUT2D eigenvalue weighted by atomic mass is 10.3. The van der Waals surface area contributed by atoms with Crippen LogP contribution in [0.4, 0.5) is 0 Å². The van der Waals surface area contributed by atoms with Crippen LogP contribution < -0.4 is 11.2 Å². The Morgan fingerprint density at radius 2 is 2.00 bits per heavy atom. The standard InChI is InChI=1S/C14H20N2O5/c1-4-5-6-15-11(17)9-12(18)16(14(15)20)7-8-21-13(19)10(2)3/h9,17H,2,4-8H2,1,3H3. The first-order valence-corrected chi connectivity index (χ1v) is 6.74. The zero-order chi connectivity index (χ0) is 16.0. The Kier molecular flexibility index (Phi) is 5.95. The van der Waals surface area contributed by atoms with E-state index >= 15 is 0 Å². The van der Waals surface area contributed by atoms with E-state index in [1.165, 1.54) is 6.92 Å². The SMILES string of the molecule is C=C(C)C(=O)OCCn1c(=O)cc(O)n(CCCC)c1=O. The van der Waals surface area contributed by atoms with Gasteiger partial charge in [0.2, 0.25) is 5.88 Å². The molecule has 116 valence electrons. The van der Waals surface area contributed by atoms with Crippen molar-refractivity contribution >= 4 is 5.97 Å². The van der Waals surface area contributed by atoms with Gasteiger partial charge in [-0.05, 0) is 13.3 Å². The van der Waals surface area contributed by atoms with E-state index in [2.05, 4.69) is 6.58 Å². The lowest BCUT2D eigenvalue weighted by Gasteiger charge is -2.11. The molecule has 0 aliphatic rings. The summed E-state index contributed by atoms with van der Waals surface area (Å²) >= 11 is 0. The zero-order valence-corrected chi connectivity index (χ0v) is 12.3. The summed E-state index contributed by atoms with van der Waals surface area (Å²) in [5.41, 5.74) is -0.996. The molecule has 0 fully saturated rings. The van der Waals surface area contributed by atoms with E-state index in [-0.39, 0.29) is 24.6 Å². The van der Waals surface area contributed by atoms with Crippen molar-refractivity contribution in [2.75, 3.05) is 6.61 Å². The van der Waals surface area contributed by atoms with Crippen LogP contribution in [-0.4, -0.2) is 26.8 Å². The summed E-state index contributed by atoms with van der Waals surface area (Å²) in [5, 5.41) is 9.66. The Labute approximate surface area is 122 Å². The van der Waals surface area contributed by atoms with Gasteiger partial charge < -0.3 is 9.84 Å². The number of nitrogens with zero attached hydrogens (tertiary/aromatic N) is 2. The second kappa shape index (κ2) is 7.47. The van der Waals surface area contributed by atoms with Gasteiger partial charge in [-0.15, -0.1) is 0 Å². The molecule has 0 aliphatic carbocycles. The fourth-order valence-electron chi connectivity index (χ4n) is 1.69. The van der Waals surface area contributed by atoms with Crippen molar-refractivity contribution in [3.05, 3.63) is 39.1 Å². The van der Waals surface area contributed by atoms with Gasteiger partial charge in [0.1, 0.15) is 6.61 Å². The van der Waals surface area contributed by atoms with Crippen LogP contribution in [0, 0.1) is 0 Å². The van der Waals surface area contributed by atoms with Crippen LogP contribution in [-0.2, 0) is 22.6 Å². The van der Waals surface area contributed by atoms with Crippen molar-refractivity contribution in [1.82, 2.24) is 9.13 Å². The number of carbonyl (C=O) groups is 1. The minimum Gasteiger partial charge on any atom is -0.494 e. The molecule has 21 heavy (non-hydrogen) atoms. The maximum atomic E-state index is 12.1.